The molecule has 0 saturated heterocycles. The van der Waals surface area contributed by atoms with Crippen molar-refractivity contribution in [2.45, 2.75) is 5.60 Å². The quantitative estimate of drug-likeness (QED) is 0.505. The van der Waals surface area contributed by atoms with E-state index in [9.17, 15) is 0 Å². The van der Waals surface area contributed by atoms with E-state index in [1.807, 2.05) is 59.2 Å². The third-order valence-electron chi connectivity index (χ3n) is 4.98. The van der Waals surface area contributed by atoms with Gasteiger partial charge >= 0.3 is 12.3 Å². The van der Waals surface area contributed by atoms with E-state index in [1.165, 1.54) is 0 Å². The second-order valence-electron chi connectivity index (χ2n) is 6.47. The molecule has 0 bridgehead atoms. The fraction of sp³-hybridized carbons (Fsp3) is 0.0417. The van der Waals surface area contributed by atoms with Crippen LogP contribution in [0.5, 0.6) is 0 Å². The Labute approximate surface area is 169 Å². The number of hydrogen-bond donors (Lipinski definition) is 0. The maximum Gasteiger partial charge on any atom is 0.381 e. The van der Waals surface area contributed by atoms with E-state index in [-0.39, 0.29) is 12.4 Å². The maximum absolute atomic E-state index is 6.54. The Morgan fingerprint density at radius 1 is 0.643 bits per heavy atom. The Bertz CT molecular complexity index is 1050. The highest BCUT2D eigenvalue weighted by Gasteiger charge is 2.46. The Kier molecular flexibility index (Phi) is 4.76. The molecule has 5 rings (SSSR count). The smallest absolute Gasteiger partial charge is 0.381 e. The average Bonchev–Trinajstić information content (AvgIpc) is 3.29. The molecule has 138 valence electrons. The van der Waals surface area contributed by atoms with Gasteiger partial charge in [-0.2, -0.15) is 0 Å². The molecule has 1 aliphatic heterocycles. The van der Waals surface area contributed by atoms with E-state index in [4.69, 9.17) is 9.15 Å². The van der Waals surface area contributed by atoms with Gasteiger partial charge in [-0.15, -0.1) is 0 Å². The Balaban J connectivity index is 0.00000192. The molecule has 4 heteroatoms. The van der Waals surface area contributed by atoms with Crippen molar-refractivity contribution in [2.75, 3.05) is 0 Å². The van der Waals surface area contributed by atoms with Crippen molar-refractivity contribution in [2.24, 2.45) is 0 Å². The van der Waals surface area contributed by atoms with Gasteiger partial charge in [0.25, 0.3) is 0 Å². The minimum absolute atomic E-state index is 0. The standard InChI is InChI=1S/C24H18NO2.ClH/c1-3-10-19(11-4-1)24(20-12-5-2-6-13-20)21-14-7-8-15-22(21)25(18-27-24)23-16-9-17-26-23;/h1-18H;1H/q+1;/p-1. The molecular weight excluding hydrogens is 370 g/mol. The van der Waals surface area contributed by atoms with Crippen molar-refractivity contribution in [3.63, 3.8) is 0 Å². The number of nitrogens with zero attached hydrogens (tertiary/aromatic N) is 1. The first-order valence-electron chi connectivity index (χ1n) is 8.94. The van der Waals surface area contributed by atoms with E-state index < -0.39 is 5.60 Å². The van der Waals surface area contributed by atoms with Gasteiger partial charge < -0.3 is 21.6 Å². The van der Waals surface area contributed by atoms with E-state index in [0.717, 1.165) is 28.3 Å². The lowest BCUT2D eigenvalue weighted by atomic mass is 9.79. The number of ether oxygens (including phenoxy) is 1. The molecule has 0 unspecified atom stereocenters. The largest absolute Gasteiger partial charge is 1.00 e. The highest BCUT2D eigenvalue weighted by atomic mass is 35.5. The fourth-order valence-corrected chi connectivity index (χ4v) is 3.77. The monoisotopic (exact) mass is 387 g/mol. The number of fused-ring (bicyclic) bond motifs is 1. The van der Waals surface area contributed by atoms with Gasteiger partial charge in [-0.3, -0.25) is 0 Å². The van der Waals surface area contributed by atoms with Crippen molar-refractivity contribution in [3.05, 3.63) is 120 Å². The maximum atomic E-state index is 6.54. The van der Waals surface area contributed by atoms with E-state index >= 15 is 0 Å². The average molecular weight is 388 g/mol. The van der Waals surface area contributed by atoms with Gasteiger partial charge in [0.15, 0.2) is 5.60 Å². The fourth-order valence-electron chi connectivity index (χ4n) is 3.77. The summed E-state index contributed by atoms with van der Waals surface area (Å²) in [7, 11) is 0. The third-order valence-corrected chi connectivity index (χ3v) is 4.98. The predicted molar refractivity (Wildman–Crippen MR) is 107 cm³/mol. The van der Waals surface area contributed by atoms with Crippen molar-refractivity contribution in [1.82, 2.24) is 4.58 Å². The molecule has 0 amide bonds. The lowest BCUT2D eigenvalue weighted by Gasteiger charge is -2.35. The zero-order valence-electron chi connectivity index (χ0n) is 15.0. The van der Waals surface area contributed by atoms with Crippen LogP contribution in [-0.2, 0) is 10.3 Å². The molecule has 0 atom stereocenters. The Hall–Kier alpha value is -3.30. The van der Waals surface area contributed by atoms with Crippen molar-refractivity contribution in [3.8, 4) is 0 Å². The van der Waals surface area contributed by atoms with Crippen LogP contribution in [0.25, 0.3) is 0 Å². The molecule has 3 nitrogen and oxygen atoms in total. The lowest BCUT2D eigenvalue weighted by Crippen LogP contribution is -3.00. The minimum Gasteiger partial charge on any atom is -1.00 e. The number of furan rings is 1. The summed E-state index contributed by atoms with van der Waals surface area (Å²) in [4.78, 5) is 0. The topological polar surface area (TPSA) is 25.4 Å². The van der Waals surface area contributed by atoms with Crippen LogP contribution in [0.4, 0.5) is 11.6 Å². The molecule has 1 aliphatic rings. The van der Waals surface area contributed by atoms with Gasteiger partial charge in [0.1, 0.15) is 0 Å². The van der Waals surface area contributed by atoms with Gasteiger partial charge in [-0.1, -0.05) is 77.4 Å². The van der Waals surface area contributed by atoms with Crippen LogP contribution in [0.3, 0.4) is 0 Å². The zero-order valence-corrected chi connectivity index (χ0v) is 15.8. The van der Waals surface area contributed by atoms with Crippen LogP contribution in [0.2, 0.25) is 0 Å². The first kappa shape index (κ1) is 18.1. The number of para-hydroxylation sites is 1. The van der Waals surface area contributed by atoms with Crippen LogP contribution >= 0.6 is 0 Å². The second-order valence-corrected chi connectivity index (χ2v) is 6.47. The molecule has 0 N–H and O–H groups in total. The van der Waals surface area contributed by atoms with Gasteiger partial charge in [-0.05, 0) is 12.1 Å². The van der Waals surface area contributed by atoms with Gasteiger partial charge in [0.2, 0.25) is 5.69 Å². The molecule has 0 fully saturated rings. The van der Waals surface area contributed by atoms with Crippen molar-refractivity contribution < 1.29 is 21.6 Å². The molecule has 0 saturated carbocycles. The van der Waals surface area contributed by atoms with Gasteiger partial charge in [-0.25, -0.2) is 0 Å². The van der Waals surface area contributed by atoms with Gasteiger partial charge in [0, 0.05) is 17.2 Å². The predicted octanol–water partition coefficient (Wildman–Crippen LogP) is 2.47. The van der Waals surface area contributed by atoms with E-state index in [2.05, 4.69) is 42.5 Å². The highest BCUT2D eigenvalue weighted by molar-refractivity contribution is 5.74. The number of halogens is 1. The molecular formula is C24H18ClNO2. The summed E-state index contributed by atoms with van der Waals surface area (Å²) in [6.45, 7) is 0. The second kappa shape index (κ2) is 7.37. The SMILES string of the molecule is C1=[N+](c2ccco2)c2ccccc2C(c2ccccc2)(c2ccccc2)O1.[Cl-]. The van der Waals surface area contributed by atoms with Crippen LogP contribution in [0.1, 0.15) is 16.7 Å². The molecule has 0 radical (unpaired) electrons. The Morgan fingerprint density at radius 3 is 1.86 bits per heavy atom. The van der Waals surface area contributed by atoms with Crippen LogP contribution in [0.15, 0.2) is 108 Å². The molecule has 0 aliphatic carbocycles. The number of benzene rings is 3. The summed E-state index contributed by atoms with van der Waals surface area (Å²) in [6.07, 6.45) is 3.42. The molecule has 2 heterocycles. The highest BCUT2D eigenvalue weighted by Crippen LogP contribution is 2.46. The molecule has 0 spiro atoms. The minimum atomic E-state index is -0.720. The third kappa shape index (κ3) is 2.72. The van der Waals surface area contributed by atoms with E-state index in [0.29, 0.717) is 0 Å². The first-order chi connectivity index (χ1) is 13.4. The number of hydrogen-bond acceptors (Lipinski definition) is 2. The van der Waals surface area contributed by atoms with Crippen LogP contribution in [0, 0.1) is 0 Å². The molecule has 28 heavy (non-hydrogen) atoms. The van der Waals surface area contributed by atoms with Crippen LogP contribution < -0.4 is 17.0 Å². The normalized spacial score (nSPS) is 14.2. The van der Waals surface area contributed by atoms with Gasteiger partial charge in [0.05, 0.1) is 17.9 Å². The first-order valence-corrected chi connectivity index (χ1v) is 8.94. The van der Waals surface area contributed by atoms with Crippen LogP contribution in [-0.4, -0.2) is 6.40 Å². The summed E-state index contributed by atoms with van der Waals surface area (Å²) < 4.78 is 14.1. The summed E-state index contributed by atoms with van der Waals surface area (Å²) in [5.74, 6) is 0.720. The zero-order chi connectivity index (χ0) is 18.1. The molecule has 1 aromatic heterocycles. The van der Waals surface area contributed by atoms with Crippen molar-refractivity contribution in [1.29, 1.82) is 0 Å². The summed E-state index contributed by atoms with van der Waals surface area (Å²) >= 11 is 0. The summed E-state index contributed by atoms with van der Waals surface area (Å²) in [5, 5.41) is 0. The van der Waals surface area contributed by atoms with Crippen molar-refractivity contribution >= 4 is 18.0 Å². The summed E-state index contributed by atoms with van der Waals surface area (Å²) in [6, 6.07) is 32.8. The molecule has 3 aromatic carbocycles. The van der Waals surface area contributed by atoms with E-state index in [1.54, 1.807) is 12.7 Å². The molecule has 4 aromatic rings. The Morgan fingerprint density at radius 2 is 1.25 bits per heavy atom. The number of rotatable bonds is 3. The summed E-state index contributed by atoms with van der Waals surface area (Å²) in [5.41, 5.74) is 3.55. The lowest BCUT2D eigenvalue weighted by molar-refractivity contribution is -0.00000716.